The van der Waals surface area contributed by atoms with Gasteiger partial charge in [-0.25, -0.2) is 0 Å². The standard InChI is InChI=1S/C15H20N2O3/c1-10(17-14(18)15(2)5-6-16-8-15)11-3-4-12-13(7-11)20-9-19-12/h3-4,7,10,16H,5-6,8-9H2,1-2H3,(H,17,18). The van der Waals surface area contributed by atoms with Gasteiger partial charge in [-0.2, -0.15) is 0 Å². The minimum Gasteiger partial charge on any atom is -0.454 e. The van der Waals surface area contributed by atoms with Gasteiger partial charge in [-0.3, -0.25) is 4.79 Å². The molecule has 5 heteroatoms. The smallest absolute Gasteiger partial charge is 0.231 e. The number of nitrogens with one attached hydrogen (secondary N) is 2. The van der Waals surface area contributed by atoms with Crippen LogP contribution >= 0.6 is 0 Å². The number of carbonyl (C=O) groups is 1. The summed E-state index contributed by atoms with van der Waals surface area (Å²) in [6, 6.07) is 5.74. The largest absolute Gasteiger partial charge is 0.454 e. The van der Waals surface area contributed by atoms with E-state index in [0.29, 0.717) is 0 Å². The molecule has 0 bridgehead atoms. The number of fused-ring (bicyclic) bond motifs is 1. The molecule has 1 aromatic rings. The molecular weight excluding hydrogens is 256 g/mol. The van der Waals surface area contributed by atoms with Crippen molar-refractivity contribution >= 4 is 5.91 Å². The molecule has 1 amide bonds. The number of carbonyl (C=O) groups excluding carboxylic acids is 1. The molecule has 0 saturated carbocycles. The number of rotatable bonds is 3. The highest BCUT2D eigenvalue weighted by molar-refractivity contribution is 5.83. The van der Waals surface area contributed by atoms with Gasteiger partial charge >= 0.3 is 0 Å². The quantitative estimate of drug-likeness (QED) is 0.880. The normalized spacial score (nSPS) is 25.5. The number of ether oxygens (including phenoxy) is 2. The van der Waals surface area contributed by atoms with Gasteiger partial charge in [0.25, 0.3) is 0 Å². The number of hydrogen-bond acceptors (Lipinski definition) is 4. The second-order valence-corrected chi connectivity index (χ2v) is 5.80. The SMILES string of the molecule is CC(NC(=O)C1(C)CCNC1)c1ccc2c(c1)OCO2. The van der Waals surface area contributed by atoms with Crippen LogP contribution in [0.3, 0.4) is 0 Å². The first kappa shape index (κ1) is 13.2. The van der Waals surface area contributed by atoms with E-state index in [-0.39, 0.29) is 24.2 Å². The lowest BCUT2D eigenvalue weighted by Gasteiger charge is -2.24. The Balaban J connectivity index is 1.70. The van der Waals surface area contributed by atoms with Gasteiger partial charge in [0, 0.05) is 6.54 Å². The van der Waals surface area contributed by atoms with Gasteiger partial charge in [-0.05, 0) is 44.5 Å². The van der Waals surface area contributed by atoms with E-state index in [0.717, 1.165) is 36.6 Å². The fourth-order valence-corrected chi connectivity index (χ4v) is 2.65. The van der Waals surface area contributed by atoms with Crippen LogP contribution in [-0.2, 0) is 4.79 Å². The van der Waals surface area contributed by atoms with Crippen molar-refractivity contribution < 1.29 is 14.3 Å². The van der Waals surface area contributed by atoms with Crippen LogP contribution in [0.15, 0.2) is 18.2 Å². The maximum atomic E-state index is 12.4. The molecule has 108 valence electrons. The minimum absolute atomic E-state index is 0.0468. The molecule has 20 heavy (non-hydrogen) atoms. The van der Waals surface area contributed by atoms with Gasteiger partial charge in [-0.15, -0.1) is 0 Å². The predicted octanol–water partition coefficient (Wildman–Crippen LogP) is 1.59. The molecule has 2 aliphatic heterocycles. The molecule has 0 aliphatic carbocycles. The molecule has 2 N–H and O–H groups in total. The van der Waals surface area contributed by atoms with Crippen LogP contribution in [0.2, 0.25) is 0 Å². The van der Waals surface area contributed by atoms with Crippen LogP contribution in [0, 0.1) is 5.41 Å². The molecule has 2 unspecified atom stereocenters. The lowest BCUT2D eigenvalue weighted by molar-refractivity contribution is -0.129. The summed E-state index contributed by atoms with van der Waals surface area (Å²) in [7, 11) is 0. The van der Waals surface area contributed by atoms with Crippen molar-refractivity contribution in [3.05, 3.63) is 23.8 Å². The van der Waals surface area contributed by atoms with Crippen LogP contribution in [0.5, 0.6) is 11.5 Å². The third kappa shape index (κ3) is 2.33. The van der Waals surface area contributed by atoms with Crippen LogP contribution in [0.1, 0.15) is 31.9 Å². The topological polar surface area (TPSA) is 59.6 Å². The highest BCUT2D eigenvalue weighted by Gasteiger charge is 2.36. The van der Waals surface area contributed by atoms with Crippen molar-refractivity contribution in [1.29, 1.82) is 0 Å². The summed E-state index contributed by atoms with van der Waals surface area (Å²) in [5.41, 5.74) is 0.724. The first-order chi connectivity index (χ1) is 9.58. The Morgan fingerprint density at radius 2 is 2.20 bits per heavy atom. The third-order valence-electron chi connectivity index (χ3n) is 4.16. The fourth-order valence-electron chi connectivity index (χ4n) is 2.65. The lowest BCUT2D eigenvalue weighted by atomic mass is 9.88. The van der Waals surface area contributed by atoms with Crippen molar-refractivity contribution in [2.24, 2.45) is 5.41 Å². The second-order valence-electron chi connectivity index (χ2n) is 5.80. The van der Waals surface area contributed by atoms with Crippen molar-refractivity contribution in [2.75, 3.05) is 19.9 Å². The molecular formula is C15H20N2O3. The number of benzene rings is 1. The van der Waals surface area contributed by atoms with Gasteiger partial charge in [0.2, 0.25) is 12.7 Å². The van der Waals surface area contributed by atoms with Crippen molar-refractivity contribution in [3.63, 3.8) is 0 Å². The van der Waals surface area contributed by atoms with E-state index in [1.165, 1.54) is 0 Å². The Morgan fingerprint density at radius 3 is 2.95 bits per heavy atom. The Labute approximate surface area is 118 Å². The van der Waals surface area contributed by atoms with Gasteiger partial charge in [0.05, 0.1) is 11.5 Å². The van der Waals surface area contributed by atoms with E-state index in [4.69, 9.17) is 9.47 Å². The molecule has 1 fully saturated rings. The maximum absolute atomic E-state index is 12.4. The van der Waals surface area contributed by atoms with Gasteiger partial charge in [0.15, 0.2) is 11.5 Å². The van der Waals surface area contributed by atoms with Crippen LogP contribution in [0.25, 0.3) is 0 Å². The van der Waals surface area contributed by atoms with Gasteiger partial charge < -0.3 is 20.1 Å². The van der Waals surface area contributed by atoms with E-state index in [1.807, 2.05) is 32.0 Å². The average Bonchev–Trinajstić information content (AvgIpc) is 3.06. The van der Waals surface area contributed by atoms with E-state index >= 15 is 0 Å². The summed E-state index contributed by atoms with van der Waals surface area (Å²) in [4.78, 5) is 12.4. The van der Waals surface area contributed by atoms with Crippen LogP contribution in [-0.4, -0.2) is 25.8 Å². The fraction of sp³-hybridized carbons (Fsp3) is 0.533. The van der Waals surface area contributed by atoms with Crippen LogP contribution in [0.4, 0.5) is 0 Å². The second kappa shape index (κ2) is 4.98. The molecule has 2 atom stereocenters. The summed E-state index contributed by atoms with van der Waals surface area (Å²) in [5.74, 6) is 1.62. The summed E-state index contributed by atoms with van der Waals surface area (Å²) >= 11 is 0. The molecule has 3 rings (SSSR count). The Bertz CT molecular complexity index is 524. The molecule has 0 spiro atoms. The zero-order chi connectivity index (χ0) is 14.2. The molecule has 0 aromatic heterocycles. The van der Waals surface area contributed by atoms with E-state index in [1.54, 1.807) is 0 Å². The molecule has 2 heterocycles. The Morgan fingerprint density at radius 1 is 1.40 bits per heavy atom. The maximum Gasteiger partial charge on any atom is 0.231 e. The van der Waals surface area contributed by atoms with Crippen molar-refractivity contribution in [1.82, 2.24) is 10.6 Å². The summed E-state index contributed by atoms with van der Waals surface area (Å²) in [5, 5.41) is 6.34. The first-order valence-electron chi connectivity index (χ1n) is 7.00. The first-order valence-corrected chi connectivity index (χ1v) is 7.00. The molecule has 1 aromatic carbocycles. The van der Waals surface area contributed by atoms with E-state index in [2.05, 4.69) is 10.6 Å². The summed E-state index contributed by atoms with van der Waals surface area (Å²) in [6.45, 7) is 5.91. The van der Waals surface area contributed by atoms with Crippen molar-refractivity contribution in [3.8, 4) is 11.5 Å². The Kier molecular flexibility index (Phi) is 3.30. The number of amides is 1. The zero-order valence-corrected chi connectivity index (χ0v) is 11.9. The summed E-state index contributed by atoms with van der Waals surface area (Å²) in [6.07, 6.45) is 0.882. The summed E-state index contributed by atoms with van der Waals surface area (Å²) < 4.78 is 10.7. The molecule has 2 aliphatic rings. The molecule has 1 saturated heterocycles. The minimum atomic E-state index is -0.301. The zero-order valence-electron chi connectivity index (χ0n) is 11.9. The Hall–Kier alpha value is -1.75. The monoisotopic (exact) mass is 276 g/mol. The van der Waals surface area contributed by atoms with Gasteiger partial charge in [-0.1, -0.05) is 6.07 Å². The third-order valence-corrected chi connectivity index (χ3v) is 4.16. The molecule has 0 radical (unpaired) electrons. The van der Waals surface area contributed by atoms with E-state index in [9.17, 15) is 4.79 Å². The van der Waals surface area contributed by atoms with Crippen molar-refractivity contribution in [2.45, 2.75) is 26.3 Å². The number of hydrogen-bond donors (Lipinski definition) is 2. The van der Waals surface area contributed by atoms with E-state index < -0.39 is 0 Å². The average molecular weight is 276 g/mol. The highest BCUT2D eigenvalue weighted by atomic mass is 16.7. The predicted molar refractivity (Wildman–Crippen MR) is 74.7 cm³/mol. The van der Waals surface area contributed by atoms with Crippen LogP contribution < -0.4 is 20.1 Å². The lowest BCUT2D eigenvalue weighted by Crippen LogP contribution is -2.41. The highest BCUT2D eigenvalue weighted by Crippen LogP contribution is 2.34. The molecule has 5 nitrogen and oxygen atoms in total. The van der Waals surface area contributed by atoms with Gasteiger partial charge in [0.1, 0.15) is 0 Å².